The van der Waals surface area contributed by atoms with Gasteiger partial charge in [0.15, 0.2) is 0 Å². The summed E-state index contributed by atoms with van der Waals surface area (Å²) in [6.45, 7) is 2.83. The highest BCUT2D eigenvalue weighted by atomic mass is 16.3. The second-order valence-corrected chi connectivity index (χ2v) is 3.87. The zero-order valence-corrected chi connectivity index (χ0v) is 9.28. The molecule has 16 heavy (non-hydrogen) atoms. The minimum atomic E-state index is -0.125. The van der Waals surface area contributed by atoms with Gasteiger partial charge >= 0.3 is 0 Å². The van der Waals surface area contributed by atoms with E-state index in [-0.39, 0.29) is 35.9 Å². The van der Waals surface area contributed by atoms with Crippen molar-refractivity contribution in [3.8, 4) is 11.5 Å². The molecular formula is C12H14O4. The van der Waals surface area contributed by atoms with Gasteiger partial charge in [-0.05, 0) is 19.9 Å². The van der Waals surface area contributed by atoms with E-state index in [9.17, 15) is 19.8 Å². The molecule has 0 saturated heterocycles. The second kappa shape index (κ2) is 4.79. The SMILES string of the molecule is CC(=O)Cc1cc(CC(C)=O)c(O)cc1O. The molecule has 0 spiro atoms. The monoisotopic (exact) mass is 222 g/mol. The number of carbonyl (C=O) groups excluding carboxylic acids is 2. The fourth-order valence-corrected chi connectivity index (χ4v) is 1.49. The van der Waals surface area contributed by atoms with Gasteiger partial charge in [-0.2, -0.15) is 0 Å². The summed E-state index contributed by atoms with van der Waals surface area (Å²) in [4.78, 5) is 21.9. The van der Waals surface area contributed by atoms with Crippen LogP contribution in [-0.4, -0.2) is 21.8 Å². The van der Waals surface area contributed by atoms with Crippen LogP contribution in [0.4, 0.5) is 0 Å². The lowest BCUT2D eigenvalue weighted by Gasteiger charge is -2.08. The van der Waals surface area contributed by atoms with Gasteiger partial charge in [-0.3, -0.25) is 9.59 Å². The van der Waals surface area contributed by atoms with Crippen LogP contribution in [-0.2, 0) is 22.4 Å². The molecule has 0 aliphatic rings. The highest BCUT2D eigenvalue weighted by molar-refractivity contribution is 5.81. The van der Waals surface area contributed by atoms with Crippen LogP contribution < -0.4 is 0 Å². The lowest BCUT2D eigenvalue weighted by atomic mass is 10.0. The molecule has 0 saturated carbocycles. The maximum atomic E-state index is 10.9. The first-order valence-corrected chi connectivity index (χ1v) is 4.92. The largest absolute Gasteiger partial charge is 0.508 e. The summed E-state index contributed by atoms with van der Waals surface area (Å²) in [6.07, 6.45) is 0.189. The topological polar surface area (TPSA) is 74.6 Å². The Morgan fingerprint density at radius 1 is 0.938 bits per heavy atom. The number of benzene rings is 1. The Morgan fingerprint density at radius 2 is 1.31 bits per heavy atom. The fourth-order valence-electron chi connectivity index (χ4n) is 1.49. The summed E-state index contributed by atoms with van der Waals surface area (Å²) in [5, 5.41) is 19.0. The molecule has 0 aliphatic carbocycles. The molecular weight excluding hydrogens is 208 g/mol. The van der Waals surface area contributed by atoms with Crippen LogP contribution in [0.15, 0.2) is 12.1 Å². The standard InChI is InChI=1S/C12H14O4/c1-7(13)3-9-5-10(4-8(2)14)12(16)6-11(9)15/h5-6,15-16H,3-4H2,1-2H3. The molecule has 0 aliphatic heterocycles. The highest BCUT2D eigenvalue weighted by Gasteiger charge is 2.11. The van der Waals surface area contributed by atoms with E-state index in [1.807, 2.05) is 0 Å². The van der Waals surface area contributed by atoms with Crippen molar-refractivity contribution in [3.63, 3.8) is 0 Å². The van der Waals surface area contributed by atoms with Gasteiger partial charge < -0.3 is 10.2 Å². The van der Waals surface area contributed by atoms with Gasteiger partial charge in [-0.15, -0.1) is 0 Å². The summed E-state index contributed by atoms with van der Waals surface area (Å²) in [6, 6.07) is 2.66. The van der Waals surface area contributed by atoms with Crippen LogP contribution in [0.2, 0.25) is 0 Å². The molecule has 4 nitrogen and oxygen atoms in total. The number of rotatable bonds is 4. The molecule has 0 atom stereocenters. The summed E-state index contributed by atoms with van der Waals surface area (Å²) in [7, 11) is 0. The van der Waals surface area contributed by atoms with E-state index in [0.29, 0.717) is 11.1 Å². The van der Waals surface area contributed by atoms with Gasteiger partial charge in [-0.25, -0.2) is 0 Å². The highest BCUT2D eigenvalue weighted by Crippen LogP contribution is 2.28. The van der Waals surface area contributed by atoms with Crippen molar-refractivity contribution in [1.82, 2.24) is 0 Å². The molecule has 4 heteroatoms. The quantitative estimate of drug-likeness (QED) is 0.806. The van der Waals surface area contributed by atoms with Crippen LogP contribution >= 0.6 is 0 Å². The number of hydrogen-bond donors (Lipinski definition) is 2. The molecule has 0 aromatic heterocycles. The minimum absolute atomic E-state index is 0.0882. The van der Waals surface area contributed by atoms with Crippen molar-refractivity contribution < 1.29 is 19.8 Å². The molecule has 1 aromatic carbocycles. The van der Waals surface area contributed by atoms with E-state index in [2.05, 4.69) is 0 Å². The maximum absolute atomic E-state index is 10.9. The van der Waals surface area contributed by atoms with E-state index in [1.54, 1.807) is 0 Å². The maximum Gasteiger partial charge on any atom is 0.134 e. The number of phenols is 2. The number of Topliss-reactive ketones (excluding diaryl/α,β-unsaturated/α-hetero) is 2. The van der Waals surface area contributed by atoms with Crippen LogP contribution in [0.25, 0.3) is 0 Å². The zero-order valence-electron chi connectivity index (χ0n) is 9.28. The van der Waals surface area contributed by atoms with Gasteiger partial charge in [-0.1, -0.05) is 0 Å². The first kappa shape index (κ1) is 12.2. The summed E-state index contributed by atoms with van der Waals surface area (Å²) < 4.78 is 0. The van der Waals surface area contributed by atoms with Crippen LogP contribution in [0.1, 0.15) is 25.0 Å². The van der Waals surface area contributed by atoms with E-state index in [4.69, 9.17) is 0 Å². The van der Waals surface area contributed by atoms with Crippen LogP contribution in [0.3, 0.4) is 0 Å². The Labute approximate surface area is 93.5 Å². The number of ketones is 2. The fraction of sp³-hybridized carbons (Fsp3) is 0.333. The lowest BCUT2D eigenvalue weighted by molar-refractivity contribution is -0.117. The summed E-state index contributed by atoms with van der Waals surface area (Å²) in [5.41, 5.74) is 0.864. The van der Waals surface area contributed by atoms with Crippen LogP contribution in [0, 0.1) is 0 Å². The summed E-state index contributed by atoms with van der Waals surface area (Å²) in [5.74, 6) is -0.426. The number of aromatic hydroxyl groups is 2. The predicted octanol–water partition coefficient (Wildman–Crippen LogP) is 1.36. The molecule has 0 fully saturated rings. The molecule has 1 rings (SSSR count). The molecule has 0 radical (unpaired) electrons. The van der Waals surface area contributed by atoms with Crippen molar-refractivity contribution in [1.29, 1.82) is 0 Å². The van der Waals surface area contributed by atoms with E-state index in [1.165, 1.54) is 19.9 Å². The Morgan fingerprint density at radius 3 is 1.62 bits per heavy atom. The van der Waals surface area contributed by atoms with Crippen molar-refractivity contribution in [3.05, 3.63) is 23.3 Å². The van der Waals surface area contributed by atoms with Gasteiger partial charge in [0, 0.05) is 30.0 Å². The predicted molar refractivity (Wildman–Crippen MR) is 58.5 cm³/mol. The minimum Gasteiger partial charge on any atom is -0.508 e. The lowest BCUT2D eigenvalue weighted by Crippen LogP contribution is -2.01. The number of carbonyl (C=O) groups is 2. The Kier molecular flexibility index (Phi) is 3.66. The third-order valence-corrected chi connectivity index (χ3v) is 2.16. The molecule has 2 N–H and O–H groups in total. The van der Waals surface area contributed by atoms with Gasteiger partial charge in [0.1, 0.15) is 23.1 Å². The Balaban J connectivity index is 3.10. The molecule has 0 heterocycles. The molecule has 1 aromatic rings. The van der Waals surface area contributed by atoms with Gasteiger partial charge in [0.2, 0.25) is 0 Å². The Bertz CT molecular complexity index is 398. The van der Waals surface area contributed by atoms with Crippen LogP contribution in [0.5, 0.6) is 11.5 Å². The molecule has 0 unspecified atom stereocenters. The van der Waals surface area contributed by atoms with E-state index >= 15 is 0 Å². The summed E-state index contributed by atoms with van der Waals surface area (Å²) >= 11 is 0. The van der Waals surface area contributed by atoms with Crippen molar-refractivity contribution in [2.24, 2.45) is 0 Å². The Hall–Kier alpha value is -1.84. The van der Waals surface area contributed by atoms with Crippen molar-refractivity contribution in [2.75, 3.05) is 0 Å². The molecule has 0 bridgehead atoms. The second-order valence-electron chi connectivity index (χ2n) is 3.87. The molecule has 0 amide bonds. The normalized spacial score (nSPS) is 10.1. The van der Waals surface area contributed by atoms with Crippen molar-refractivity contribution >= 4 is 11.6 Å². The zero-order chi connectivity index (χ0) is 12.3. The van der Waals surface area contributed by atoms with Gasteiger partial charge in [0.05, 0.1) is 0 Å². The molecule has 86 valence electrons. The van der Waals surface area contributed by atoms with Gasteiger partial charge in [0.25, 0.3) is 0 Å². The third kappa shape index (κ3) is 3.08. The first-order chi connectivity index (χ1) is 7.40. The number of hydrogen-bond acceptors (Lipinski definition) is 4. The number of phenolic OH excluding ortho intramolecular Hbond substituents is 2. The van der Waals surface area contributed by atoms with E-state index in [0.717, 1.165) is 6.07 Å². The smallest absolute Gasteiger partial charge is 0.134 e. The average molecular weight is 222 g/mol. The average Bonchev–Trinajstić information content (AvgIpc) is 2.11. The van der Waals surface area contributed by atoms with E-state index < -0.39 is 0 Å². The van der Waals surface area contributed by atoms with Crippen molar-refractivity contribution in [2.45, 2.75) is 26.7 Å². The first-order valence-electron chi connectivity index (χ1n) is 4.92. The third-order valence-electron chi connectivity index (χ3n) is 2.16.